The van der Waals surface area contributed by atoms with Crippen LogP contribution in [0.2, 0.25) is 0 Å². The number of imidazole rings is 1. The van der Waals surface area contributed by atoms with Gasteiger partial charge in [0, 0.05) is 23.2 Å². The number of benzene rings is 1. The maximum absolute atomic E-state index is 12.5. The van der Waals surface area contributed by atoms with Crippen molar-refractivity contribution < 1.29 is 4.79 Å². The standard InChI is InChI=1S/C17H15N5O2S/c1-11-13-4-2-3-5-14(13)16(24)22(20-11)10-15(23)18-8-12-9-21-6-7-25-17(21)19-12/h2-7,9H,8,10H2,1H3,(H,18,23). The molecule has 4 aromatic rings. The van der Waals surface area contributed by atoms with Crippen molar-refractivity contribution in [2.45, 2.75) is 20.0 Å². The van der Waals surface area contributed by atoms with Gasteiger partial charge in [-0.3, -0.25) is 14.0 Å². The zero-order chi connectivity index (χ0) is 17.4. The molecule has 1 N–H and O–H groups in total. The molecular formula is C17H15N5O2S. The molecule has 0 aliphatic heterocycles. The second-order valence-corrected chi connectivity index (χ2v) is 6.57. The van der Waals surface area contributed by atoms with E-state index in [1.807, 2.05) is 41.2 Å². The van der Waals surface area contributed by atoms with Gasteiger partial charge in [-0.25, -0.2) is 9.67 Å². The number of rotatable bonds is 4. The third kappa shape index (κ3) is 2.91. The Morgan fingerprint density at radius 1 is 1.28 bits per heavy atom. The van der Waals surface area contributed by atoms with Crippen LogP contribution >= 0.6 is 11.3 Å². The summed E-state index contributed by atoms with van der Waals surface area (Å²) in [6.07, 6.45) is 3.79. The summed E-state index contributed by atoms with van der Waals surface area (Å²) < 4.78 is 3.11. The lowest BCUT2D eigenvalue weighted by Crippen LogP contribution is -2.33. The van der Waals surface area contributed by atoms with E-state index in [2.05, 4.69) is 15.4 Å². The molecule has 0 spiro atoms. The van der Waals surface area contributed by atoms with E-state index in [0.29, 0.717) is 11.9 Å². The molecule has 3 heterocycles. The van der Waals surface area contributed by atoms with Crippen molar-refractivity contribution in [1.82, 2.24) is 24.5 Å². The first kappa shape index (κ1) is 15.5. The number of hydrogen-bond donors (Lipinski definition) is 1. The third-order valence-electron chi connectivity index (χ3n) is 3.96. The summed E-state index contributed by atoms with van der Waals surface area (Å²) in [5.41, 5.74) is 1.23. The van der Waals surface area contributed by atoms with Crippen molar-refractivity contribution in [2.24, 2.45) is 0 Å². The van der Waals surface area contributed by atoms with E-state index in [9.17, 15) is 9.59 Å². The maximum Gasteiger partial charge on any atom is 0.275 e. The van der Waals surface area contributed by atoms with Crippen molar-refractivity contribution in [2.75, 3.05) is 0 Å². The highest BCUT2D eigenvalue weighted by Crippen LogP contribution is 2.12. The van der Waals surface area contributed by atoms with Gasteiger partial charge >= 0.3 is 0 Å². The highest BCUT2D eigenvalue weighted by atomic mass is 32.1. The van der Waals surface area contributed by atoms with Crippen LogP contribution in [0.15, 0.2) is 46.8 Å². The first-order valence-corrected chi connectivity index (χ1v) is 8.64. The number of carbonyl (C=O) groups is 1. The SMILES string of the molecule is Cc1nn(CC(=O)NCc2cn3ccsc3n2)c(=O)c2ccccc12. The van der Waals surface area contributed by atoms with E-state index in [1.165, 1.54) is 16.0 Å². The number of aromatic nitrogens is 4. The molecule has 126 valence electrons. The van der Waals surface area contributed by atoms with Crippen molar-refractivity contribution >= 4 is 33.0 Å². The van der Waals surface area contributed by atoms with Gasteiger partial charge in [-0.1, -0.05) is 18.2 Å². The number of fused-ring (bicyclic) bond motifs is 2. The Labute approximate surface area is 146 Å². The largest absolute Gasteiger partial charge is 0.349 e. The number of nitrogens with one attached hydrogen (secondary N) is 1. The molecule has 0 aliphatic carbocycles. The van der Waals surface area contributed by atoms with Crippen molar-refractivity contribution in [1.29, 1.82) is 0 Å². The van der Waals surface area contributed by atoms with Gasteiger partial charge in [0.05, 0.1) is 23.3 Å². The average molecular weight is 353 g/mol. The van der Waals surface area contributed by atoms with Crippen molar-refractivity contribution in [3.05, 3.63) is 63.8 Å². The summed E-state index contributed by atoms with van der Waals surface area (Å²) in [7, 11) is 0. The molecule has 0 fully saturated rings. The van der Waals surface area contributed by atoms with E-state index >= 15 is 0 Å². The Bertz CT molecular complexity index is 1110. The fraction of sp³-hybridized carbons (Fsp3) is 0.176. The molecule has 0 saturated carbocycles. The number of nitrogens with zero attached hydrogens (tertiary/aromatic N) is 4. The predicted octanol–water partition coefficient (Wildman–Crippen LogP) is 1.73. The van der Waals surface area contributed by atoms with Gasteiger partial charge in [0.25, 0.3) is 5.56 Å². The van der Waals surface area contributed by atoms with Gasteiger partial charge in [-0.2, -0.15) is 5.10 Å². The molecule has 3 aromatic heterocycles. The van der Waals surface area contributed by atoms with Gasteiger partial charge < -0.3 is 5.32 Å². The first-order valence-electron chi connectivity index (χ1n) is 7.76. The number of thiazole rings is 1. The molecule has 0 bridgehead atoms. The van der Waals surface area contributed by atoms with Crippen molar-refractivity contribution in [3.63, 3.8) is 0 Å². The van der Waals surface area contributed by atoms with E-state index in [1.54, 1.807) is 12.1 Å². The van der Waals surface area contributed by atoms with Crippen LogP contribution in [0.3, 0.4) is 0 Å². The Hall–Kier alpha value is -3.00. The van der Waals surface area contributed by atoms with Crippen molar-refractivity contribution in [3.8, 4) is 0 Å². The molecule has 0 radical (unpaired) electrons. The summed E-state index contributed by atoms with van der Waals surface area (Å²) >= 11 is 1.53. The fourth-order valence-electron chi connectivity index (χ4n) is 2.75. The lowest BCUT2D eigenvalue weighted by molar-refractivity contribution is -0.122. The number of carbonyl (C=O) groups excluding carboxylic acids is 1. The predicted molar refractivity (Wildman–Crippen MR) is 95.7 cm³/mol. The van der Waals surface area contributed by atoms with Crippen LogP contribution in [0.1, 0.15) is 11.4 Å². The van der Waals surface area contributed by atoms with Gasteiger partial charge in [-0.05, 0) is 13.0 Å². The molecule has 4 rings (SSSR count). The Balaban J connectivity index is 1.50. The minimum absolute atomic E-state index is 0.118. The lowest BCUT2D eigenvalue weighted by atomic mass is 10.1. The van der Waals surface area contributed by atoms with E-state index in [0.717, 1.165) is 21.7 Å². The topological polar surface area (TPSA) is 81.3 Å². The molecule has 0 saturated heterocycles. The summed E-state index contributed by atoms with van der Waals surface area (Å²) in [6.45, 7) is 2.02. The highest BCUT2D eigenvalue weighted by Gasteiger charge is 2.11. The zero-order valence-electron chi connectivity index (χ0n) is 13.5. The van der Waals surface area contributed by atoms with Crippen LogP contribution in [-0.2, 0) is 17.9 Å². The van der Waals surface area contributed by atoms with Gasteiger partial charge in [-0.15, -0.1) is 11.3 Å². The average Bonchev–Trinajstić information content (AvgIpc) is 3.19. The monoisotopic (exact) mass is 353 g/mol. The summed E-state index contributed by atoms with van der Waals surface area (Å²) in [5, 5.41) is 10.4. The smallest absolute Gasteiger partial charge is 0.275 e. The molecule has 1 amide bonds. The van der Waals surface area contributed by atoms with Gasteiger partial charge in [0.15, 0.2) is 4.96 Å². The van der Waals surface area contributed by atoms with E-state index in [4.69, 9.17) is 0 Å². The summed E-state index contributed by atoms with van der Waals surface area (Å²) in [6, 6.07) is 7.27. The van der Waals surface area contributed by atoms with Crippen LogP contribution in [0.5, 0.6) is 0 Å². The van der Waals surface area contributed by atoms with Crippen LogP contribution in [0, 0.1) is 6.92 Å². The zero-order valence-corrected chi connectivity index (χ0v) is 14.3. The fourth-order valence-corrected chi connectivity index (χ4v) is 3.47. The molecule has 0 unspecified atom stereocenters. The number of amides is 1. The highest BCUT2D eigenvalue weighted by molar-refractivity contribution is 7.15. The molecule has 8 heteroatoms. The number of hydrogen-bond acceptors (Lipinski definition) is 5. The minimum atomic E-state index is -0.277. The maximum atomic E-state index is 12.5. The molecule has 1 aromatic carbocycles. The molecule has 7 nitrogen and oxygen atoms in total. The lowest BCUT2D eigenvalue weighted by Gasteiger charge is -2.08. The molecule has 0 atom stereocenters. The van der Waals surface area contributed by atoms with Gasteiger partial charge in [0.1, 0.15) is 6.54 Å². The number of aryl methyl sites for hydroxylation is 1. The van der Waals surface area contributed by atoms with E-state index < -0.39 is 0 Å². The molecule has 0 aliphatic rings. The summed E-state index contributed by atoms with van der Waals surface area (Å²) in [5.74, 6) is -0.277. The van der Waals surface area contributed by atoms with Crippen LogP contribution in [-0.4, -0.2) is 25.1 Å². The second-order valence-electron chi connectivity index (χ2n) is 5.70. The molecule has 25 heavy (non-hydrogen) atoms. The third-order valence-corrected chi connectivity index (χ3v) is 4.73. The quantitative estimate of drug-likeness (QED) is 0.606. The minimum Gasteiger partial charge on any atom is -0.349 e. The van der Waals surface area contributed by atoms with E-state index in [-0.39, 0.29) is 18.0 Å². The normalized spacial score (nSPS) is 11.2. The first-order chi connectivity index (χ1) is 12.1. The Kier molecular flexibility index (Phi) is 3.81. The van der Waals surface area contributed by atoms with Gasteiger partial charge in [0.2, 0.25) is 5.91 Å². The van der Waals surface area contributed by atoms with Crippen LogP contribution in [0.4, 0.5) is 0 Å². The van der Waals surface area contributed by atoms with Crippen LogP contribution < -0.4 is 10.9 Å². The second kappa shape index (κ2) is 6.14. The summed E-state index contributed by atoms with van der Waals surface area (Å²) in [4.78, 5) is 30.0. The van der Waals surface area contributed by atoms with Crippen LogP contribution in [0.25, 0.3) is 15.7 Å². The molecular weight excluding hydrogens is 338 g/mol. The Morgan fingerprint density at radius 3 is 2.88 bits per heavy atom. The Morgan fingerprint density at radius 2 is 2.08 bits per heavy atom.